The van der Waals surface area contributed by atoms with Crippen LogP contribution in [0.4, 0.5) is 4.39 Å². The fourth-order valence-electron chi connectivity index (χ4n) is 3.26. The number of aliphatic hydroxyl groups is 1. The van der Waals surface area contributed by atoms with E-state index in [1.165, 1.54) is 12.1 Å². The number of hydrogen-bond donors (Lipinski definition) is 1. The number of halogens is 1. The Morgan fingerprint density at radius 1 is 1.35 bits per heavy atom. The molecular weight excluding hydrogens is 257 g/mol. The predicted octanol–water partition coefficient (Wildman–Crippen LogP) is 2.09. The molecule has 1 aromatic carbocycles. The maximum atomic E-state index is 13.0. The monoisotopic (exact) mass is 277 g/mol. The van der Waals surface area contributed by atoms with E-state index in [0.29, 0.717) is 5.92 Å². The molecule has 2 aliphatic rings. The molecule has 1 N–H and O–H groups in total. The van der Waals surface area contributed by atoms with Crippen LogP contribution in [0.1, 0.15) is 31.2 Å². The predicted molar refractivity (Wildman–Crippen MR) is 73.7 cm³/mol. The number of carbonyl (C=O) groups is 1. The van der Waals surface area contributed by atoms with E-state index < -0.39 is 5.41 Å². The summed E-state index contributed by atoms with van der Waals surface area (Å²) >= 11 is 0. The van der Waals surface area contributed by atoms with Crippen LogP contribution in [0.25, 0.3) is 0 Å². The lowest BCUT2D eigenvalue weighted by Crippen LogP contribution is -2.37. The summed E-state index contributed by atoms with van der Waals surface area (Å²) in [6.45, 7) is 1.73. The smallest absolute Gasteiger partial charge is 0.233 e. The number of likely N-dealkylation sites (tertiary alicyclic amines) is 1. The average molecular weight is 277 g/mol. The summed E-state index contributed by atoms with van der Waals surface area (Å²) in [5.74, 6) is 0.346. The summed E-state index contributed by atoms with van der Waals surface area (Å²) in [5.41, 5.74) is 0.538. The van der Waals surface area contributed by atoms with E-state index in [9.17, 15) is 9.18 Å². The highest BCUT2D eigenvalue weighted by molar-refractivity contribution is 5.91. The normalized spacial score (nSPS) is 23.9. The van der Waals surface area contributed by atoms with Gasteiger partial charge in [-0.05, 0) is 49.3 Å². The highest BCUT2D eigenvalue weighted by atomic mass is 19.1. The SMILES string of the molecule is O=C(N1CCC(CCO)C1)C1(c2ccc(F)cc2)CC1. The van der Waals surface area contributed by atoms with Gasteiger partial charge in [0.1, 0.15) is 5.82 Å². The summed E-state index contributed by atoms with van der Waals surface area (Å²) in [6, 6.07) is 6.34. The second-order valence-corrected chi connectivity index (χ2v) is 6.01. The van der Waals surface area contributed by atoms with Gasteiger partial charge in [0.15, 0.2) is 0 Å². The molecule has 0 radical (unpaired) electrons. The van der Waals surface area contributed by atoms with Gasteiger partial charge < -0.3 is 10.0 Å². The van der Waals surface area contributed by atoms with E-state index in [2.05, 4.69) is 0 Å². The second kappa shape index (κ2) is 5.17. The van der Waals surface area contributed by atoms with Gasteiger partial charge in [-0.1, -0.05) is 12.1 Å². The van der Waals surface area contributed by atoms with Gasteiger partial charge in [-0.3, -0.25) is 4.79 Å². The van der Waals surface area contributed by atoms with Crippen molar-refractivity contribution in [1.29, 1.82) is 0 Å². The standard InChI is InChI=1S/C16H20FNO2/c17-14-3-1-13(2-4-14)16(7-8-16)15(20)18-9-5-12(11-18)6-10-19/h1-4,12,19H,5-11H2. The number of hydrogen-bond acceptors (Lipinski definition) is 2. The molecule has 1 atom stereocenters. The zero-order valence-corrected chi connectivity index (χ0v) is 11.5. The molecular formula is C16H20FNO2. The molecule has 0 aromatic heterocycles. The van der Waals surface area contributed by atoms with Crippen LogP contribution in [0.15, 0.2) is 24.3 Å². The maximum Gasteiger partial charge on any atom is 0.233 e. The van der Waals surface area contributed by atoms with E-state index in [4.69, 9.17) is 5.11 Å². The quantitative estimate of drug-likeness (QED) is 0.915. The van der Waals surface area contributed by atoms with Gasteiger partial charge in [0.25, 0.3) is 0 Å². The molecule has 108 valence electrons. The Kier molecular flexibility index (Phi) is 3.50. The van der Waals surface area contributed by atoms with Gasteiger partial charge >= 0.3 is 0 Å². The highest BCUT2D eigenvalue weighted by Crippen LogP contribution is 2.50. The first kappa shape index (κ1) is 13.6. The Morgan fingerprint density at radius 3 is 2.65 bits per heavy atom. The Bertz CT molecular complexity index is 496. The molecule has 0 bridgehead atoms. The molecule has 1 aromatic rings. The topological polar surface area (TPSA) is 40.5 Å². The van der Waals surface area contributed by atoms with Crippen LogP contribution in [0.3, 0.4) is 0 Å². The van der Waals surface area contributed by atoms with Crippen molar-refractivity contribution < 1.29 is 14.3 Å². The second-order valence-electron chi connectivity index (χ2n) is 6.01. The number of amides is 1. The zero-order valence-electron chi connectivity index (χ0n) is 11.5. The lowest BCUT2D eigenvalue weighted by atomic mass is 9.94. The third kappa shape index (κ3) is 2.33. The van der Waals surface area contributed by atoms with Gasteiger partial charge in [-0.2, -0.15) is 0 Å². The molecule has 0 spiro atoms. The molecule has 1 aliphatic heterocycles. The van der Waals surface area contributed by atoms with Crippen LogP contribution in [0.2, 0.25) is 0 Å². The number of benzene rings is 1. The molecule has 1 amide bonds. The van der Waals surface area contributed by atoms with E-state index in [1.807, 2.05) is 4.90 Å². The first-order chi connectivity index (χ1) is 9.65. The minimum atomic E-state index is -0.401. The van der Waals surface area contributed by atoms with Crippen molar-refractivity contribution >= 4 is 5.91 Å². The number of carbonyl (C=O) groups excluding carboxylic acids is 1. The van der Waals surface area contributed by atoms with Gasteiger partial charge in [0.05, 0.1) is 5.41 Å². The highest BCUT2D eigenvalue weighted by Gasteiger charge is 2.53. The van der Waals surface area contributed by atoms with E-state index >= 15 is 0 Å². The van der Waals surface area contributed by atoms with Gasteiger partial charge in [-0.15, -0.1) is 0 Å². The number of aliphatic hydroxyl groups excluding tert-OH is 1. The van der Waals surface area contributed by atoms with Crippen molar-refractivity contribution in [2.24, 2.45) is 5.92 Å². The largest absolute Gasteiger partial charge is 0.396 e. The lowest BCUT2D eigenvalue weighted by molar-refractivity contribution is -0.133. The summed E-state index contributed by atoms with van der Waals surface area (Å²) < 4.78 is 13.0. The van der Waals surface area contributed by atoms with Crippen molar-refractivity contribution in [2.45, 2.75) is 31.1 Å². The van der Waals surface area contributed by atoms with Crippen LogP contribution in [0, 0.1) is 11.7 Å². The molecule has 20 heavy (non-hydrogen) atoms. The first-order valence-corrected chi connectivity index (χ1v) is 7.32. The van der Waals surface area contributed by atoms with Gasteiger partial charge in [0, 0.05) is 19.7 Å². The molecule has 1 aliphatic carbocycles. The van der Waals surface area contributed by atoms with Crippen molar-refractivity contribution in [1.82, 2.24) is 4.90 Å². The van der Waals surface area contributed by atoms with Gasteiger partial charge in [0.2, 0.25) is 5.91 Å². The van der Waals surface area contributed by atoms with Crippen molar-refractivity contribution in [3.05, 3.63) is 35.6 Å². The summed E-state index contributed by atoms with van der Waals surface area (Å²) in [7, 11) is 0. The molecule has 2 fully saturated rings. The zero-order chi connectivity index (χ0) is 14.2. The van der Waals surface area contributed by atoms with E-state index in [-0.39, 0.29) is 18.3 Å². The molecule has 3 nitrogen and oxygen atoms in total. The molecule has 4 heteroatoms. The third-order valence-corrected chi connectivity index (χ3v) is 4.67. The molecule has 1 unspecified atom stereocenters. The Hall–Kier alpha value is -1.42. The minimum Gasteiger partial charge on any atom is -0.396 e. The number of nitrogens with zero attached hydrogens (tertiary/aromatic N) is 1. The minimum absolute atomic E-state index is 0.185. The Labute approximate surface area is 118 Å². The Morgan fingerprint density at radius 2 is 2.05 bits per heavy atom. The van der Waals surface area contributed by atoms with Crippen molar-refractivity contribution in [3.8, 4) is 0 Å². The molecule has 1 heterocycles. The van der Waals surface area contributed by atoms with Gasteiger partial charge in [-0.25, -0.2) is 4.39 Å². The van der Waals surface area contributed by atoms with Crippen LogP contribution >= 0.6 is 0 Å². The average Bonchev–Trinajstić information content (AvgIpc) is 3.13. The lowest BCUT2D eigenvalue weighted by Gasteiger charge is -2.23. The maximum absolute atomic E-state index is 13.0. The fraction of sp³-hybridized carbons (Fsp3) is 0.562. The van der Waals surface area contributed by atoms with E-state index in [1.54, 1.807) is 12.1 Å². The molecule has 3 rings (SSSR count). The summed E-state index contributed by atoms with van der Waals surface area (Å²) in [5, 5.41) is 8.99. The van der Waals surface area contributed by atoms with Crippen molar-refractivity contribution in [2.75, 3.05) is 19.7 Å². The fourth-order valence-corrected chi connectivity index (χ4v) is 3.26. The summed E-state index contributed by atoms with van der Waals surface area (Å²) in [6.07, 6.45) is 3.47. The number of rotatable bonds is 4. The third-order valence-electron chi connectivity index (χ3n) is 4.67. The van der Waals surface area contributed by atoms with Crippen molar-refractivity contribution in [3.63, 3.8) is 0 Å². The summed E-state index contributed by atoms with van der Waals surface area (Å²) in [4.78, 5) is 14.7. The van der Waals surface area contributed by atoms with Crippen LogP contribution in [0.5, 0.6) is 0 Å². The van der Waals surface area contributed by atoms with E-state index in [0.717, 1.165) is 44.3 Å². The van der Waals surface area contributed by atoms with Crippen LogP contribution in [-0.4, -0.2) is 35.6 Å². The molecule has 1 saturated heterocycles. The Balaban J connectivity index is 1.72. The van der Waals surface area contributed by atoms with Crippen LogP contribution < -0.4 is 0 Å². The molecule has 1 saturated carbocycles. The van der Waals surface area contributed by atoms with Crippen LogP contribution in [-0.2, 0) is 10.2 Å². The first-order valence-electron chi connectivity index (χ1n) is 7.32.